The van der Waals surface area contributed by atoms with Crippen molar-refractivity contribution in [3.8, 4) is 16.9 Å². The Labute approximate surface area is 226 Å². The number of benzene rings is 2. The van der Waals surface area contributed by atoms with Crippen LogP contribution in [0.1, 0.15) is 35.3 Å². The lowest BCUT2D eigenvalue weighted by Gasteiger charge is -2.26. The summed E-state index contributed by atoms with van der Waals surface area (Å²) in [4.78, 5) is 13.1. The van der Waals surface area contributed by atoms with Crippen LogP contribution >= 0.6 is 34.8 Å². The number of aromatic nitrogens is 2. The second-order valence-corrected chi connectivity index (χ2v) is 9.83. The highest BCUT2D eigenvalue weighted by Crippen LogP contribution is 2.33. The van der Waals surface area contributed by atoms with E-state index in [0.29, 0.717) is 26.4 Å². The normalized spacial score (nSPS) is 16.2. The van der Waals surface area contributed by atoms with Gasteiger partial charge in [0.25, 0.3) is 5.91 Å². The van der Waals surface area contributed by atoms with Crippen LogP contribution in [0, 0.1) is 6.92 Å². The number of piperidine rings is 1. The van der Waals surface area contributed by atoms with Gasteiger partial charge in [-0.05, 0) is 50.1 Å². The maximum absolute atomic E-state index is 13.1. The Balaban J connectivity index is 0.000000445. The zero-order valence-electron chi connectivity index (χ0n) is 20.1. The topological polar surface area (TPSA) is 68.6 Å². The highest BCUT2D eigenvalue weighted by Gasteiger charge is 2.24. The van der Waals surface area contributed by atoms with Crippen LogP contribution in [0.4, 0.5) is 0 Å². The molecule has 10 heteroatoms. The number of ether oxygens (including phenoxy) is 2. The number of nitrogens with one attached hydrogen (secondary N) is 1. The van der Waals surface area contributed by atoms with Crippen molar-refractivity contribution in [1.82, 2.24) is 20.2 Å². The first-order chi connectivity index (χ1) is 17.4. The van der Waals surface area contributed by atoms with E-state index in [0.717, 1.165) is 69.2 Å². The molecule has 0 bridgehead atoms. The number of carbonyl (C=O) groups excluding carboxylic acids is 1. The molecule has 2 aliphatic heterocycles. The lowest BCUT2D eigenvalue weighted by atomic mass is 10.1. The second-order valence-electron chi connectivity index (χ2n) is 8.55. The van der Waals surface area contributed by atoms with Gasteiger partial charge in [0.15, 0.2) is 5.69 Å². The summed E-state index contributed by atoms with van der Waals surface area (Å²) in [7, 11) is 0. The van der Waals surface area contributed by atoms with Gasteiger partial charge >= 0.3 is 0 Å². The van der Waals surface area contributed by atoms with Gasteiger partial charge in [0, 0.05) is 34.3 Å². The Kier molecular flexibility index (Phi) is 9.65. The van der Waals surface area contributed by atoms with Crippen LogP contribution in [0.25, 0.3) is 16.9 Å². The molecule has 36 heavy (non-hydrogen) atoms. The average molecular weight is 552 g/mol. The third-order valence-corrected chi connectivity index (χ3v) is 6.74. The first-order valence-electron chi connectivity index (χ1n) is 12.0. The Morgan fingerprint density at radius 2 is 1.50 bits per heavy atom. The molecule has 192 valence electrons. The van der Waals surface area contributed by atoms with Crippen LogP contribution in [0.5, 0.6) is 0 Å². The molecule has 2 aliphatic rings. The zero-order valence-corrected chi connectivity index (χ0v) is 22.4. The minimum atomic E-state index is -0.228. The second kappa shape index (κ2) is 12.9. The number of hydrazine groups is 1. The summed E-state index contributed by atoms with van der Waals surface area (Å²) < 4.78 is 11.6. The maximum Gasteiger partial charge on any atom is 0.286 e. The summed E-state index contributed by atoms with van der Waals surface area (Å²) in [6.45, 7) is 6.69. The molecule has 7 nitrogen and oxygen atoms in total. The predicted molar refractivity (Wildman–Crippen MR) is 143 cm³/mol. The Hall–Kier alpha value is -2.13. The van der Waals surface area contributed by atoms with E-state index < -0.39 is 0 Å². The van der Waals surface area contributed by atoms with Crippen LogP contribution in [-0.4, -0.2) is 60.2 Å². The molecule has 0 unspecified atom stereocenters. The molecule has 1 aromatic heterocycles. The molecule has 0 spiro atoms. The van der Waals surface area contributed by atoms with Gasteiger partial charge in [0.05, 0.1) is 42.8 Å². The van der Waals surface area contributed by atoms with Gasteiger partial charge in [0.2, 0.25) is 0 Å². The Morgan fingerprint density at radius 3 is 2.08 bits per heavy atom. The lowest BCUT2D eigenvalue weighted by molar-refractivity contribution is -0.0334. The van der Waals surface area contributed by atoms with Crippen molar-refractivity contribution in [2.24, 2.45) is 0 Å². The smallest absolute Gasteiger partial charge is 0.286 e. The number of hydrogen-bond acceptors (Lipinski definition) is 5. The molecule has 0 saturated carbocycles. The summed E-state index contributed by atoms with van der Waals surface area (Å²) in [5, 5.41) is 8.22. The summed E-state index contributed by atoms with van der Waals surface area (Å²) in [5.74, 6) is -0.228. The quantitative estimate of drug-likeness (QED) is 0.433. The molecule has 2 fully saturated rings. The van der Waals surface area contributed by atoms with E-state index in [1.807, 2.05) is 36.2 Å². The van der Waals surface area contributed by atoms with Gasteiger partial charge in [-0.3, -0.25) is 10.2 Å². The average Bonchev–Trinajstić information content (AvgIpc) is 3.23. The van der Waals surface area contributed by atoms with E-state index in [2.05, 4.69) is 10.5 Å². The Morgan fingerprint density at radius 1 is 0.889 bits per heavy atom. The van der Waals surface area contributed by atoms with Crippen LogP contribution in [0.3, 0.4) is 0 Å². The van der Waals surface area contributed by atoms with Crippen molar-refractivity contribution in [2.75, 3.05) is 39.5 Å². The van der Waals surface area contributed by atoms with Crippen LogP contribution < -0.4 is 5.43 Å². The minimum absolute atomic E-state index is 0.228. The van der Waals surface area contributed by atoms with E-state index in [1.165, 1.54) is 6.42 Å². The summed E-state index contributed by atoms with van der Waals surface area (Å²) in [6, 6.07) is 12.6. The molecule has 0 radical (unpaired) electrons. The molecule has 1 N–H and O–H groups in total. The first kappa shape index (κ1) is 26.9. The van der Waals surface area contributed by atoms with Crippen LogP contribution in [0.15, 0.2) is 42.5 Å². The predicted octanol–water partition coefficient (Wildman–Crippen LogP) is 5.97. The number of halogens is 3. The third-order valence-electron chi connectivity index (χ3n) is 5.95. The van der Waals surface area contributed by atoms with Crippen molar-refractivity contribution < 1.29 is 14.3 Å². The number of hydrogen-bond donors (Lipinski definition) is 1. The summed E-state index contributed by atoms with van der Waals surface area (Å²) >= 11 is 18.6. The van der Waals surface area contributed by atoms with Gasteiger partial charge in [-0.2, -0.15) is 5.10 Å². The number of rotatable bonds is 4. The lowest BCUT2D eigenvalue weighted by Crippen LogP contribution is -2.45. The third kappa shape index (κ3) is 6.79. The first-order valence-corrected chi connectivity index (χ1v) is 13.1. The maximum atomic E-state index is 13.1. The monoisotopic (exact) mass is 550 g/mol. The fourth-order valence-corrected chi connectivity index (χ4v) is 4.74. The van der Waals surface area contributed by atoms with Crippen LogP contribution in [-0.2, 0) is 9.47 Å². The highest BCUT2D eigenvalue weighted by molar-refractivity contribution is 6.35. The standard InChI is InChI=1S/C22H21Cl3N4O.C4H8O2/c1-14-20(22(30)27-28-11-3-2-4-12-28)26-29(19-10-9-17(24)13-18(19)25)21(14)15-5-7-16(23)8-6-15;1-2-6-4-3-5-1/h5-10,13H,2-4,11-12H2,1H3,(H,27,30);1-4H2. The van der Waals surface area contributed by atoms with Gasteiger partial charge in [-0.15, -0.1) is 0 Å². The molecule has 0 atom stereocenters. The van der Waals surface area contributed by atoms with Crippen molar-refractivity contribution in [1.29, 1.82) is 0 Å². The number of nitrogens with zero attached hydrogens (tertiary/aromatic N) is 3. The van der Waals surface area contributed by atoms with Crippen molar-refractivity contribution in [3.05, 3.63) is 68.8 Å². The van der Waals surface area contributed by atoms with Crippen molar-refractivity contribution in [2.45, 2.75) is 26.2 Å². The van der Waals surface area contributed by atoms with Crippen molar-refractivity contribution >= 4 is 40.7 Å². The molecule has 3 heterocycles. The van der Waals surface area contributed by atoms with E-state index >= 15 is 0 Å². The van der Waals surface area contributed by atoms with Crippen LogP contribution in [0.2, 0.25) is 15.1 Å². The van der Waals surface area contributed by atoms with Gasteiger partial charge < -0.3 is 9.47 Å². The zero-order chi connectivity index (χ0) is 25.5. The number of carbonyl (C=O) groups is 1. The SMILES string of the molecule is C1COCCO1.Cc1c(C(=O)NN2CCCCC2)nn(-c2ccc(Cl)cc2Cl)c1-c1ccc(Cl)cc1. The summed E-state index contributed by atoms with van der Waals surface area (Å²) in [6.07, 6.45) is 3.34. The molecular weight excluding hydrogens is 523 g/mol. The van der Waals surface area contributed by atoms with E-state index in [1.54, 1.807) is 22.9 Å². The van der Waals surface area contributed by atoms with E-state index in [9.17, 15) is 4.79 Å². The Bertz CT molecular complexity index is 1160. The van der Waals surface area contributed by atoms with Gasteiger partial charge in [-0.25, -0.2) is 9.69 Å². The molecule has 0 aliphatic carbocycles. The molecule has 2 aromatic carbocycles. The van der Waals surface area contributed by atoms with Gasteiger partial charge in [-0.1, -0.05) is 53.4 Å². The minimum Gasteiger partial charge on any atom is -0.377 e. The highest BCUT2D eigenvalue weighted by atomic mass is 35.5. The fourth-order valence-electron chi connectivity index (χ4n) is 4.13. The van der Waals surface area contributed by atoms with E-state index in [-0.39, 0.29) is 5.91 Å². The molecule has 1 amide bonds. The summed E-state index contributed by atoms with van der Waals surface area (Å²) in [5.41, 5.74) is 6.42. The molecule has 3 aromatic rings. The number of amides is 1. The largest absolute Gasteiger partial charge is 0.377 e. The molecule has 5 rings (SSSR count). The van der Waals surface area contributed by atoms with Gasteiger partial charge in [0.1, 0.15) is 0 Å². The molecule has 2 saturated heterocycles. The van der Waals surface area contributed by atoms with Crippen molar-refractivity contribution in [3.63, 3.8) is 0 Å². The van der Waals surface area contributed by atoms with E-state index in [4.69, 9.17) is 44.3 Å². The molecular formula is C26H29Cl3N4O3. The fraction of sp³-hybridized carbons (Fsp3) is 0.385.